The van der Waals surface area contributed by atoms with E-state index in [0.29, 0.717) is 15.2 Å². The maximum absolute atomic E-state index is 12.4. The Balaban J connectivity index is 1.74. The van der Waals surface area contributed by atoms with Gasteiger partial charge in [0.1, 0.15) is 4.21 Å². The van der Waals surface area contributed by atoms with Crippen molar-refractivity contribution in [3.63, 3.8) is 0 Å². The minimum atomic E-state index is -3.71. The molecular weight excluding hydrogens is 472 g/mol. The lowest BCUT2D eigenvalue weighted by Crippen LogP contribution is -2.13. The Bertz CT molecular complexity index is 1150. The van der Waals surface area contributed by atoms with E-state index in [9.17, 15) is 16.8 Å². The predicted molar refractivity (Wildman–Crippen MR) is 111 cm³/mol. The van der Waals surface area contributed by atoms with Gasteiger partial charge in [0, 0.05) is 11.4 Å². The summed E-state index contributed by atoms with van der Waals surface area (Å²) in [6.07, 6.45) is 0. The van der Waals surface area contributed by atoms with Crippen LogP contribution in [0.2, 0.25) is 0 Å². The van der Waals surface area contributed by atoms with Crippen LogP contribution in [0.25, 0.3) is 0 Å². The van der Waals surface area contributed by atoms with E-state index in [1.807, 2.05) is 6.92 Å². The number of anilines is 2. The lowest BCUT2D eigenvalue weighted by Gasteiger charge is -2.10. The third-order valence-corrected chi connectivity index (χ3v) is 8.43. The lowest BCUT2D eigenvalue weighted by molar-refractivity contribution is 0.600. The Kier molecular flexibility index (Phi) is 5.61. The van der Waals surface area contributed by atoms with E-state index < -0.39 is 20.0 Å². The Morgan fingerprint density at radius 1 is 0.741 bits per heavy atom. The van der Waals surface area contributed by atoms with Gasteiger partial charge in [-0.05, 0) is 71.4 Å². The van der Waals surface area contributed by atoms with Crippen molar-refractivity contribution < 1.29 is 16.8 Å². The Morgan fingerprint density at radius 3 is 1.74 bits per heavy atom. The summed E-state index contributed by atoms with van der Waals surface area (Å²) in [7, 11) is -7.40. The topological polar surface area (TPSA) is 92.3 Å². The predicted octanol–water partition coefficient (Wildman–Crippen LogP) is 4.42. The fourth-order valence-electron chi connectivity index (χ4n) is 2.19. The summed E-state index contributed by atoms with van der Waals surface area (Å²) < 4.78 is 55.2. The van der Waals surface area contributed by atoms with Crippen LogP contribution >= 0.6 is 27.3 Å². The number of aryl methyl sites for hydroxylation is 1. The number of sulfonamides is 2. The maximum Gasteiger partial charge on any atom is 0.271 e. The molecule has 3 rings (SSSR count). The molecule has 2 aromatic carbocycles. The second-order valence-electron chi connectivity index (χ2n) is 5.66. The van der Waals surface area contributed by atoms with Crippen LogP contribution in [0, 0.1) is 6.92 Å². The molecule has 142 valence electrons. The number of hydrogen-bond donors (Lipinski definition) is 2. The van der Waals surface area contributed by atoms with Gasteiger partial charge in [-0.1, -0.05) is 17.7 Å². The van der Waals surface area contributed by atoms with Crippen molar-refractivity contribution in [3.8, 4) is 0 Å². The van der Waals surface area contributed by atoms with Gasteiger partial charge in [0.2, 0.25) is 0 Å². The molecule has 0 aliphatic carbocycles. The van der Waals surface area contributed by atoms with E-state index in [2.05, 4.69) is 25.4 Å². The van der Waals surface area contributed by atoms with Crippen LogP contribution in [0.1, 0.15) is 5.56 Å². The number of benzene rings is 2. The minimum absolute atomic E-state index is 0.154. The first kappa shape index (κ1) is 19.9. The summed E-state index contributed by atoms with van der Waals surface area (Å²) in [5, 5.41) is 0. The SMILES string of the molecule is Cc1ccc(S(=O)(=O)Nc2ccc(NS(=O)(=O)c3ccc(Br)s3)cc2)cc1. The Morgan fingerprint density at radius 2 is 1.26 bits per heavy atom. The summed E-state index contributed by atoms with van der Waals surface area (Å²) in [6.45, 7) is 1.87. The molecule has 27 heavy (non-hydrogen) atoms. The van der Waals surface area contributed by atoms with Gasteiger partial charge in [0.15, 0.2) is 0 Å². The third kappa shape index (κ3) is 4.89. The van der Waals surface area contributed by atoms with Gasteiger partial charge in [0.25, 0.3) is 20.0 Å². The van der Waals surface area contributed by atoms with Gasteiger partial charge >= 0.3 is 0 Å². The molecule has 2 N–H and O–H groups in total. The molecule has 1 heterocycles. The number of halogens is 1. The molecule has 0 aliphatic rings. The summed E-state index contributed by atoms with van der Waals surface area (Å²) in [4.78, 5) is 0.154. The molecule has 10 heteroatoms. The van der Waals surface area contributed by atoms with Crippen LogP contribution in [0.4, 0.5) is 11.4 Å². The van der Waals surface area contributed by atoms with Crippen LogP contribution in [-0.4, -0.2) is 16.8 Å². The number of nitrogens with one attached hydrogen (secondary N) is 2. The third-order valence-electron chi connectivity index (χ3n) is 3.53. The molecule has 0 spiro atoms. The molecule has 6 nitrogen and oxygen atoms in total. The quantitative estimate of drug-likeness (QED) is 0.539. The smallest absolute Gasteiger partial charge is 0.271 e. The molecule has 3 aromatic rings. The molecule has 0 aliphatic heterocycles. The molecule has 0 saturated heterocycles. The largest absolute Gasteiger partial charge is 0.280 e. The molecule has 0 radical (unpaired) electrons. The maximum atomic E-state index is 12.4. The number of rotatable bonds is 6. The van der Waals surface area contributed by atoms with Crippen molar-refractivity contribution in [1.29, 1.82) is 0 Å². The lowest BCUT2D eigenvalue weighted by atomic mass is 10.2. The van der Waals surface area contributed by atoms with E-state index >= 15 is 0 Å². The summed E-state index contributed by atoms with van der Waals surface area (Å²) in [6, 6.07) is 15.6. The molecule has 1 aromatic heterocycles. The van der Waals surface area contributed by atoms with Gasteiger partial charge in [-0.2, -0.15) is 0 Å². The molecular formula is C17H15BrN2O4S3. The minimum Gasteiger partial charge on any atom is -0.280 e. The van der Waals surface area contributed by atoms with Crippen LogP contribution in [0.3, 0.4) is 0 Å². The van der Waals surface area contributed by atoms with Crippen LogP contribution < -0.4 is 9.44 Å². The molecule has 0 saturated carbocycles. The van der Waals surface area contributed by atoms with E-state index in [-0.39, 0.29) is 9.10 Å². The van der Waals surface area contributed by atoms with Gasteiger partial charge in [-0.3, -0.25) is 9.44 Å². The van der Waals surface area contributed by atoms with Crippen molar-refractivity contribution in [1.82, 2.24) is 0 Å². The van der Waals surface area contributed by atoms with E-state index in [1.165, 1.54) is 42.5 Å². The number of thiophene rings is 1. The van der Waals surface area contributed by atoms with Crippen LogP contribution in [0.15, 0.2) is 73.6 Å². The van der Waals surface area contributed by atoms with Crippen LogP contribution in [-0.2, 0) is 20.0 Å². The normalized spacial score (nSPS) is 11.9. The standard InChI is InChI=1S/C17H15BrN2O4S3/c1-12-2-8-15(9-3-12)26(21,22)19-13-4-6-14(7-5-13)20-27(23,24)17-11-10-16(18)25-17/h2-11,19-20H,1H3. The van der Waals surface area contributed by atoms with Gasteiger partial charge in [-0.25, -0.2) is 16.8 Å². The highest BCUT2D eigenvalue weighted by Crippen LogP contribution is 2.28. The Hall–Kier alpha value is -1.88. The molecule has 0 amide bonds. The summed E-state index contributed by atoms with van der Waals surface area (Å²) in [5.41, 5.74) is 1.62. The first-order valence-corrected chi connectivity index (χ1v) is 12.2. The second-order valence-corrected chi connectivity index (χ2v) is 11.7. The van der Waals surface area contributed by atoms with E-state index in [0.717, 1.165) is 16.9 Å². The first-order chi connectivity index (χ1) is 12.7. The fraction of sp³-hybridized carbons (Fsp3) is 0.0588. The molecule has 0 atom stereocenters. The average molecular weight is 487 g/mol. The zero-order valence-electron chi connectivity index (χ0n) is 14.0. The van der Waals surface area contributed by atoms with Gasteiger partial charge in [0.05, 0.1) is 8.68 Å². The summed E-state index contributed by atoms with van der Waals surface area (Å²) in [5.74, 6) is 0. The zero-order chi connectivity index (χ0) is 19.7. The highest BCUT2D eigenvalue weighted by atomic mass is 79.9. The van der Waals surface area contributed by atoms with Crippen molar-refractivity contribution >= 4 is 58.7 Å². The van der Waals surface area contributed by atoms with E-state index in [4.69, 9.17) is 0 Å². The molecule has 0 bridgehead atoms. The van der Waals surface area contributed by atoms with Crippen molar-refractivity contribution in [2.45, 2.75) is 16.0 Å². The highest BCUT2D eigenvalue weighted by Gasteiger charge is 2.17. The van der Waals surface area contributed by atoms with Crippen molar-refractivity contribution in [3.05, 3.63) is 70.0 Å². The fourth-order valence-corrected chi connectivity index (χ4v) is 6.31. The van der Waals surface area contributed by atoms with Gasteiger partial charge in [-0.15, -0.1) is 11.3 Å². The van der Waals surface area contributed by atoms with Crippen molar-refractivity contribution in [2.75, 3.05) is 9.44 Å². The van der Waals surface area contributed by atoms with Crippen molar-refractivity contribution in [2.24, 2.45) is 0 Å². The Labute approximate surface area is 170 Å². The van der Waals surface area contributed by atoms with Crippen LogP contribution in [0.5, 0.6) is 0 Å². The molecule has 0 unspecified atom stereocenters. The zero-order valence-corrected chi connectivity index (χ0v) is 18.0. The van der Waals surface area contributed by atoms with E-state index in [1.54, 1.807) is 18.2 Å². The van der Waals surface area contributed by atoms with Gasteiger partial charge < -0.3 is 0 Å². The first-order valence-electron chi connectivity index (χ1n) is 7.63. The average Bonchev–Trinajstić information content (AvgIpc) is 3.04. The molecule has 0 fully saturated rings. The highest BCUT2D eigenvalue weighted by molar-refractivity contribution is 9.11. The number of hydrogen-bond acceptors (Lipinski definition) is 5. The second kappa shape index (κ2) is 7.63. The summed E-state index contributed by atoms with van der Waals surface area (Å²) >= 11 is 4.33. The monoisotopic (exact) mass is 486 g/mol.